The molecule has 1 aliphatic heterocycles. The van der Waals surface area contributed by atoms with Gasteiger partial charge in [0.15, 0.2) is 0 Å². The van der Waals surface area contributed by atoms with Crippen LogP contribution in [0.15, 0.2) is 42.7 Å². The van der Waals surface area contributed by atoms with E-state index in [-0.39, 0.29) is 12.1 Å². The number of nitrogens with zero attached hydrogens (tertiary/aromatic N) is 1. The molecule has 1 saturated heterocycles. The zero-order valence-electron chi connectivity index (χ0n) is 11.8. The highest BCUT2D eigenvalue weighted by molar-refractivity contribution is 5.68. The second-order valence-electron chi connectivity index (χ2n) is 4.86. The standard InChI is InChI=1S/C16H21NO3/c1-19-12-10-15-9-5-6-11-17(15)16(18)20-13-14-7-3-2-4-8-14/h2-4,7-8,10,12,15H,5-6,9,11,13H2,1H3/b12-10+/t15-/m1/s1. The zero-order chi connectivity index (χ0) is 14.2. The Morgan fingerprint density at radius 3 is 2.90 bits per heavy atom. The van der Waals surface area contributed by atoms with Crippen LogP contribution < -0.4 is 0 Å². The molecule has 1 aromatic rings. The molecule has 1 fully saturated rings. The molecule has 0 radical (unpaired) electrons. The van der Waals surface area contributed by atoms with E-state index in [1.807, 2.05) is 36.4 Å². The molecule has 1 heterocycles. The van der Waals surface area contributed by atoms with Crippen molar-refractivity contribution >= 4 is 6.09 Å². The highest BCUT2D eigenvalue weighted by Crippen LogP contribution is 2.19. The third kappa shape index (κ3) is 4.02. The van der Waals surface area contributed by atoms with Gasteiger partial charge in [-0.2, -0.15) is 0 Å². The molecule has 0 unspecified atom stereocenters. The number of hydrogen-bond donors (Lipinski definition) is 0. The molecule has 0 spiro atoms. The number of ether oxygens (including phenoxy) is 2. The monoisotopic (exact) mass is 275 g/mol. The minimum absolute atomic E-state index is 0.0759. The first-order valence-electron chi connectivity index (χ1n) is 6.98. The van der Waals surface area contributed by atoms with Gasteiger partial charge < -0.3 is 14.4 Å². The molecule has 0 bridgehead atoms. The number of hydrogen-bond acceptors (Lipinski definition) is 3. The number of amides is 1. The predicted octanol–water partition coefficient (Wildman–Crippen LogP) is 3.34. The van der Waals surface area contributed by atoms with Gasteiger partial charge >= 0.3 is 6.09 Å². The van der Waals surface area contributed by atoms with Crippen LogP contribution >= 0.6 is 0 Å². The van der Waals surface area contributed by atoms with Crippen LogP contribution in [0.5, 0.6) is 0 Å². The van der Waals surface area contributed by atoms with Crippen molar-refractivity contribution in [2.24, 2.45) is 0 Å². The molecule has 0 aliphatic carbocycles. The number of likely N-dealkylation sites (tertiary alicyclic amines) is 1. The SMILES string of the molecule is CO/C=C/[C@H]1CCCCN1C(=O)OCc1ccccc1. The van der Waals surface area contributed by atoms with Crippen molar-refractivity contribution in [3.63, 3.8) is 0 Å². The molecule has 1 atom stereocenters. The topological polar surface area (TPSA) is 38.8 Å². The molecule has 0 N–H and O–H groups in total. The van der Waals surface area contributed by atoms with E-state index >= 15 is 0 Å². The average Bonchev–Trinajstić information content (AvgIpc) is 2.52. The van der Waals surface area contributed by atoms with Crippen LogP contribution in [0.25, 0.3) is 0 Å². The summed E-state index contributed by atoms with van der Waals surface area (Å²) >= 11 is 0. The molecular formula is C16H21NO3. The van der Waals surface area contributed by atoms with Crippen LogP contribution in [0.1, 0.15) is 24.8 Å². The van der Waals surface area contributed by atoms with Crippen molar-refractivity contribution in [1.82, 2.24) is 4.90 Å². The third-order valence-electron chi connectivity index (χ3n) is 3.43. The molecular weight excluding hydrogens is 254 g/mol. The molecule has 4 heteroatoms. The lowest BCUT2D eigenvalue weighted by Gasteiger charge is -2.32. The largest absolute Gasteiger partial charge is 0.505 e. The van der Waals surface area contributed by atoms with E-state index in [4.69, 9.17) is 9.47 Å². The van der Waals surface area contributed by atoms with Crippen molar-refractivity contribution in [2.45, 2.75) is 31.9 Å². The van der Waals surface area contributed by atoms with Crippen molar-refractivity contribution in [3.8, 4) is 0 Å². The van der Waals surface area contributed by atoms with E-state index in [0.29, 0.717) is 6.61 Å². The number of rotatable bonds is 4. The van der Waals surface area contributed by atoms with Crippen molar-refractivity contribution in [2.75, 3.05) is 13.7 Å². The molecule has 20 heavy (non-hydrogen) atoms. The number of carbonyl (C=O) groups excluding carboxylic acids is 1. The Labute approximate surface area is 120 Å². The van der Waals surface area contributed by atoms with Crippen LogP contribution in [-0.2, 0) is 16.1 Å². The minimum atomic E-state index is -0.251. The first-order chi connectivity index (χ1) is 9.81. The van der Waals surface area contributed by atoms with Gasteiger partial charge in [-0.1, -0.05) is 30.3 Å². The van der Waals surface area contributed by atoms with Crippen LogP contribution in [0.4, 0.5) is 4.79 Å². The highest BCUT2D eigenvalue weighted by Gasteiger charge is 2.26. The normalized spacial score (nSPS) is 19.1. The fourth-order valence-electron chi connectivity index (χ4n) is 2.36. The Balaban J connectivity index is 1.90. The summed E-state index contributed by atoms with van der Waals surface area (Å²) in [6.07, 6.45) is 6.41. The van der Waals surface area contributed by atoms with Gasteiger partial charge in [0, 0.05) is 6.54 Å². The summed E-state index contributed by atoms with van der Waals surface area (Å²) in [7, 11) is 1.61. The van der Waals surface area contributed by atoms with Gasteiger partial charge in [0.25, 0.3) is 0 Å². The summed E-state index contributed by atoms with van der Waals surface area (Å²) in [5.74, 6) is 0. The van der Waals surface area contributed by atoms with Gasteiger partial charge in [0.1, 0.15) is 6.61 Å². The van der Waals surface area contributed by atoms with E-state index in [1.54, 1.807) is 18.3 Å². The van der Waals surface area contributed by atoms with E-state index in [2.05, 4.69) is 0 Å². The van der Waals surface area contributed by atoms with Gasteiger partial charge in [-0.25, -0.2) is 4.79 Å². The predicted molar refractivity (Wildman–Crippen MR) is 77.1 cm³/mol. The minimum Gasteiger partial charge on any atom is -0.505 e. The second kappa shape index (κ2) is 7.58. The lowest BCUT2D eigenvalue weighted by Crippen LogP contribution is -2.42. The Morgan fingerprint density at radius 2 is 2.15 bits per heavy atom. The van der Waals surface area contributed by atoms with E-state index in [1.165, 1.54) is 0 Å². The van der Waals surface area contributed by atoms with E-state index in [0.717, 1.165) is 31.4 Å². The van der Waals surface area contributed by atoms with Gasteiger partial charge in [-0.15, -0.1) is 0 Å². The molecule has 0 aromatic heterocycles. The van der Waals surface area contributed by atoms with Crippen LogP contribution in [-0.4, -0.2) is 30.7 Å². The summed E-state index contributed by atoms with van der Waals surface area (Å²) in [5.41, 5.74) is 1.00. The Hall–Kier alpha value is -1.97. The Morgan fingerprint density at radius 1 is 1.35 bits per heavy atom. The quantitative estimate of drug-likeness (QED) is 0.791. The van der Waals surface area contributed by atoms with Crippen molar-refractivity contribution < 1.29 is 14.3 Å². The smallest absolute Gasteiger partial charge is 0.410 e. The average molecular weight is 275 g/mol. The maximum atomic E-state index is 12.2. The van der Waals surface area contributed by atoms with Gasteiger partial charge in [-0.05, 0) is 30.9 Å². The summed E-state index contributed by atoms with van der Waals surface area (Å²) in [6.45, 7) is 1.06. The zero-order valence-corrected chi connectivity index (χ0v) is 11.8. The number of piperidine rings is 1. The molecule has 1 aliphatic rings. The van der Waals surface area contributed by atoms with Crippen molar-refractivity contribution in [3.05, 3.63) is 48.2 Å². The fraction of sp³-hybridized carbons (Fsp3) is 0.438. The molecule has 108 valence electrons. The summed E-state index contributed by atoms with van der Waals surface area (Å²) in [5, 5.41) is 0. The van der Waals surface area contributed by atoms with Crippen molar-refractivity contribution in [1.29, 1.82) is 0 Å². The lowest BCUT2D eigenvalue weighted by atomic mass is 10.0. The lowest BCUT2D eigenvalue weighted by molar-refractivity contribution is 0.0771. The molecule has 1 amide bonds. The Kier molecular flexibility index (Phi) is 5.47. The van der Waals surface area contributed by atoms with Crippen LogP contribution in [0.2, 0.25) is 0 Å². The maximum absolute atomic E-state index is 12.2. The van der Waals surface area contributed by atoms with Gasteiger partial charge in [0.2, 0.25) is 0 Å². The van der Waals surface area contributed by atoms with Gasteiger partial charge in [-0.3, -0.25) is 0 Å². The number of carbonyl (C=O) groups is 1. The van der Waals surface area contributed by atoms with Crippen LogP contribution in [0.3, 0.4) is 0 Å². The first-order valence-corrected chi connectivity index (χ1v) is 6.98. The first kappa shape index (κ1) is 14.4. The van der Waals surface area contributed by atoms with E-state index < -0.39 is 0 Å². The molecule has 2 rings (SSSR count). The fourth-order valence-corrected chi connectivity index (χ4v) is 2.36. The van der Waals surface area contributed by atoms with E-state index in [9.17, 15) is 4.79 Å². The molecule has 0 saturated carbocycles. The van der Waals surface area contributed by atoms with Crippen LogP contribution in [0, 0.1) is 0 Å². The third-order valence-corrected chi connectivity index (χ3v) is 3.43. The Bertz CT molecular complexity index is 444. The number of methoxy groups -OCH3 is 1. The summed E-state index contributed by atoms with van der Waals surface area (Å²) in [6, 6.07) is 9.80. The molecule has 4 nitrogen and oxygen atoms in total. The summed E-state index contributed by atoms with van der Waals surface area (Å²) < 4.78 is 10.3. The molecule has 1 aromatic carbocycles. The summed E-state index contributed by atoms with van der Waals surface area (Å²) in [4.78, 5) is 14.0. The second-order valence-corrected chi connectivity index (χ2v) is 4.86. The highest BCUT2D eigenvalue weighted by atomic mass is 16.6. The number of benzene rings is 1. The van der Waals surface area contributed by atoms with Gasteiger partial charge in [0.05, 0.1) is 19.4 Å². The maximum Gasteiger partial charge on any atom is 0.410 e.